The van der Waals surface area contributed by atoms with Gasteiger partial charge in [0.15, 0.2) is 5.11 Å². The Kier molecular flexibility index (Phi) is 6.34. The topological polar surface area (TPSA) is 59.6 Å². The monoisotopic (exact) mass is 432 g/mol. The quantitative estimate of drug-likeness (QED) is 0.497. The van der Waals surface area contributed by atoms with E-state index < -0.39 is 5.97 Å². The molecule has 0 fully saturated rings. The largest absolute Gasteiger partial charge is 0.487 e. The minimum atomic E-state index is -0.462. The number of aryl methyl sites for hydroxylation is 1. The van der Waals surface area contributed by atoms with E-state index in [0.717, 1.165) is 23.3 Å². The summed E-state index contributed by atoms with van der Waals surface area (Å²) in [5.74, 6) is 0.402. The number of carbonyl (C=O) groups is 1. The van der Waals surface area contributed by atoms with E-state index in [1.807, 2.05) is 12.1 Å². The Morgan fingerprint density at radius 1 is 1.31 bits per heavy atom. The van der Waals surface area contributed by atoms with Gasteiger partial charge in [-0.3, -0.25) is 0 Å². The van der Waals surface area contributed by atoms with Gasteiger partial charge < -0.3 is 20.1 Å². The molecule has 7 heteroatoms. The second-order valence-electron chi connectivity index (χ2n) is 7.67. The van der Waals surface area contributed by atoms with E-state index in [4.69, 9.17) is 33.3 Å². The maximum Gasteiger partial charge on any atom is 0.339 e. The molecule has 1 aliphatic rings. The van der Waals surface area contributed by atoms with E-state index in [2.05, 4.69) is 37.5 Å². The lowest BCUT2D eigenvalue weighted by molar-refractivity contribution is 0.0526. The van der Waals surface area contributed by atoms with Crippen LogP contribution in [0.5, 0.6) is 5.75 Å². The van der Waals surface area contributed by atoms with Crippen LogP contribution in [-0.2, 0) is 4.74 Å². The number of hydrogen-bond acceptors (Lipinski definition) is 4. The van der Waals surface area contributed by atoms with Crippen LogP contribution in [0, 0.1) is 6.92 Å². The smallest absolute Gasteiger partial charge is 0.339 e. The van der Waals surface area contributed by atoms with E-state index in [9.17, 15) is 4.79 Å². The molecule has 0 unspecified atom stereocenters. The van der Waals surface area contributed by atoms with Gasteiger partial charge >= 0.3 is 5.97 Å². The van der Waals surface area contributed by atoms with Crippen LogP contribution in [0.2, 0.25) is 5.02 Å². The summed E-state index contributed by atoms with van der Waals surface area (Å²) in [6, 6.07) is 11.2. The molecule has 1 aliphatic heterocycles. The minimum absolute atomic E-state index is 0.00507. The van der Waals surface area contributed by atoms with Crippen molar-refractivity contribution in [1.82, 2.24) is 5.32 Å². The Hall–Kier alpha value is -2.31. The van der Waals surface area contributed by atoms with Gasteiger partial charge in [0.05, 0.1) is 23.2 Å². The fourth-order valence-corrected chi connectivity index (χ4v) is 3.85. The molecule has 3 rings (SSSR count). The Morgan fingerprint density at radius 3 is 2.79 bits per heavy atom. The van der Waals surface area contributed by atoms with Gasteiger partial charge in [0.2, 0.25) is 0 Å². The normalized spacial score (nSPS) is 16.9. The lowest BCUT2D eigenvalue weighted by Crippen LogP contribution is -2.42. The Labute approximate surface area is 181 Å². The van der Waals surface area contributed by atoms with E-state index in [-0.39, 0.29) is 18.2 Å². The van der Waals surface area contributed by atoms with Crippen LogP contribution in [0.3, 0.4) is 0 Å². The van der Waals surface area contributed by atoms with Crippen LogP contribution in [0.15, 0.2) is 36.4 Å². The molecule has 0 saturated carbocycles. The number of anilines is 1. The Bertz CT molecular complexity index is 946. The van der Waals surface area contributed by atoms with Gasteiger partial charge in [0.25, 0.3) is 0 Å². The molecule has 0 bridgehead atoms. The molecule has 0 aliphatic carbocycles. The summed E-state index contributed by atoms with van der Waals surface area (Å²) < 4.78 is 11.2. The third kappa shape index (κ3) is 5.19. The number of rotatable bonds is 4. The molecule has 154 valence electrons. The average molecular weight is 433 g/mol. The second kappa shape index (κ2) is 8.59. The highest BCUT2D eigenvalue weighted by molar-refractivity contribution is 7.80. The summed E-state index contributed by atoms with van der Waals surface area (Å²) in [6.45, 7) is 8.21. The molecule has 0 amide bonds. The van der Waals surface area contributed by atoms with Crippen molar-refractivity contribution in [1.29, 1.82) is 0 Å². The number of halogens is 1. The lowest BCUT2D eigenvalue weighted by atomic mass is 9.89. The molecular formula is C22H25ClN2O3S. The summed E-state index contributed by atoms with van der Waals surface area (Å²) in [5, 5.41) is 7.32. The van der Waals surface area contributed by atoms with Crippen LogP contribution < -0.4 is 15.4 Å². The van der Waals surface area contributed by atoms with Gasteiger partial charge in [-0.25, -0.2) is 4.79 Å². The zero-order valence-electron chi connectivity index (χ0n) is 17.0. The first-order chi connectivity index (χ1) is 13.7. The van der Waals surface area contributed by atoms with Crippen LogP contribution in [0.4, 0.5) is 5.69 Å². The van der Waals surface area contributed by atoms with Crippen molar-refractivity contribution < 1.29 is 14.3 Å². The highest BCUT2D eigenvalue weighted by Crippen LogP contribution is 2.39. The van der Waals surface area contributed by atoms with Crippen LogP contribution in [-0.4, -0.2) is 23.3 Å². The summed E-state index contributed by atoms with van der Waals surface area (Å²) in [4.78, 5) is 12.1. The third-order valence-electron chi connectivity index (χ3n) is 4.65. The fourth-order valence-electron chi connectivity index (χ4n) is 3.40. The second-order valence-corrected chi connectivity index (χ2v) is 8.49. The van der Waals surface area contributed by atoms with Crippen molar-refractivity contribution in [3.8, 4) is 5.75 Å². The van der Waals surface area contributed by atoms with Crippen molar-refractivity contribution in [3.05, 3.63) is 58.1 Å². The molecular weight excluding hydrogens is 408 g/mol. The molecule has 0 spiro atoms. The molecule has 0 aromatic heterocycles. The number of carbonyl (C=O) groups excluding carboxylic acids is 1. The van der Waals surface area contributed by atoms with Crippen LogP contribution in [0.1, 0.15) is 54.7 Å². The highest BCUT2D eigenvalue weighted by atomic mass is 35.5. The van der Waals surface area contributed by atoms with Gasteiger partial charge in [-0.1, -0.05) is 29.3 Å². The highest BCUT2D eigenvalue weighted by Gasteiger charge is 2.34. The predicted octanol–water partition coefficient (Wildman–Crippen LogP) is 5.41. The standard InChI is InChI=1S/C22H25ClN2O3S/c1-5-27-20(26)15-11-14(7-8-17(15)23)24-21(29)25-18-12-22(3,4)28-19-9-6-13(2)10-16(18)19/h6-11,18H,5,12H2,1-4H3,(H2,24,25,29)/t18-/m1/s1. The number of hydrogen-bond donors (Lipinski definition) is 2. The van der Waals surface area contributed by atoms with E-state index >= 15 is 0 Å². The SMILES string of the molecule is CCOC(=O)c1cc(NC(=S)N[C@@H]2CC(C)(C)Oc3ccc(C)cc32)ccc1Cl. The molecule has 2 aromatic carbocycles. The fraction of sp³-hybridized carbons (Fsp3) is 0.364. The van der Waals surface area contributed by atoms with Crippen LogP contribution in [0.25, 0.3) is 0 Å². The van der Waals surface area contributed by atoms with E-state index in [1.54, 1.807) is 25.1 Å². The first-order valence-corrected chi connectivity index (χ1v) is 10.3. The van der Waals surface area contributed by atoms with Gasteiger partial charge in [-0.15, -0.1) is 0 Å². The molecule has 1 heterocycles. The third-order valence-corrected chi connectivity index (χ3v) is 5.20. The van der Waals surface area contributed by atoms with Gasteiger partial charge in [-0.05, 0) is 64.2 Å². The Morgan fingerprint density at radius 2 is 2.07 bits per heavy atom. The molecule has 29 heavy (non-hydrogen) atoms. The zero-order chi connectivity index (χ0) is 21.2. The number of esters is 1. The summed E-state index contributed by atoms with van der Waals surface area (Å²) in [6.07, 6.45) is 0.764. The number of ether oxygens (including phenoxy) is 2. The molecule has 0 radical (unpaired) electrons. The van der Waals surface area contributed by atoms with Crippen molar-refractivity contribution in [2.45, 2.75) is 45.8 Å². The van der Waals surface area contributed by atoms with E-state index in [0.29, 0.717) is 21.4 Å². The number of benzene rings is 2. The first-order valence-electron chi connectivity index (χ1n) is 9.52. The van der Waals surface area contributed by atoms with Gasteiger partial charge in [0, 0.05) is 17.7 Å². The number of fused-ring (bicyclic) bond motifs is 1. The maximum absolute atomic E-state index is 12.1. The van der Waals surface area contributed by atoms with Crippen LogP contribution >= 0.6 is 23.8 Å². The van der Waals surface area contributed by atoms with Crippen molar-refractivity contribution >= 4 is 40.6 Å². The average Bonchev–Trinajstić information content (AvgIpc) is 2.63. The molecule has 1 atom stereocenters. The van der Waals surface area contributed by atoms with Crippen molar-refractivity contribution in [3.63, 3.8) is 0 Å². The molecule has 0 saturated heterocycles. The molecule has 2 aromatic rings. The van der Waals surface area contributed by atoms with Crippen molar-refractivity contribution in [2.75, 3.05) is 11.9 Å². The summed E-state index contributed by atoms with van der Waals surface area (Å²) in [7, 11) is 0. The molecule has 2 N–H and O–H groups in total. The molecule has 5 nitrogen and oxygen atoms in total. The summed E-state index contributed by atoms with van der Waals surface area (Å²) in [5.41, 5.74) is 2.89. The zero-order valence-corrected chi connectivity index (χ0v) is 18.5. The van der Waals surface area contributed by atoms with Gasteiger partial charge in [0.1, 0.15) is 11.4 Å². The first kappa shape index (κ1) is 21.4. The summed E-state index contributed by atoms with van der Waals surface area (Å²) >= 11 is 11.7. The number of nitrogens with one attached hydrogen (secondary N) is 2. The maximum atomic E-state index is 12.1. The van der Waals surface area contributed by atoms with Gasteiger partial charge in [-0.2, -0.15) is 0 Å². The van der Waals surface area contributed by atoms with Crippen molar-refractivity contribution in [2.24, 2.45) is 0 Å². The minimum Gasteiger partial charge on any atom is -0.487 e. The Balaban J connectivity index is 1.77. The number of thiocarbonyl (C=S) groups is 1. The van der Waals surface area contributed by atoms with E-state index in [1.165, 1.54) is 0 Å². The predicted molar refractivity (Wildman–Crippen MR) is 120 cm³/mol. The lowest BCUT2D eigenvalue weighted by Gasteiger charge is -2.38.